The van der Waals surface area contributed by atoms with Crippen molar-refractivity contribution in [3.05, 3.63) is 22.9 Å². The quantitative estimate of drug-likeness (QED) is 0.719. The molecule has 0 aliphatic heterocycles. The van der Waals surface area contributed by atoms with E-state index in [0.29, 0.717) is 12.6 Å². The van der Waals surface area contributed by atoms with Crippen molar-refractivity contribution in [1.82, 2.24) is 9.13 Å². The number of nitrogens with zero attached hydrogens (tertiary/aromatic N) is 3. The van der Waals surface area contributed by atoms with Crippen LogP contribution in [0.2, 0.25) is 0 Å². The fraction of sp³-hybridized carbons (Fsp3) is 0.600. The normalized spacial score (nSPS) is 17.7. The Bertz CT molecular complexity index is 419. The van der Waals surface area contributed by atoms with Crippen LogP contribution in [0.25, 0.3) is 0 Å². The van der Waals surface area contributed by atoms with Gasteiger partial charge in [-0.15, -0.1) is 0 Å². The standard InChI is InChI=1S/C10H13N3O/c1-8(6-11)7-12-4-5-13(10(12)14)9-2-3-9/h4-5,8-9H,2-3,7H2,1H3. The minimum atomic E-state index is -0.109. The Morgan fingerprint density at radius 3 is 2.93 bits per heavy atom. The van der Waals surface area contributed by atoms with Crippen LogP contribution >= 0.6 is 0 Å². The zero-order valence-corrected chi connectivity index (χ0v) is 8.18. The van der Waals surface area contributed by atoms with Gasteiger partial charge in [0.05, 0.1) is 12.0 Å². The van der Waals surface area contributed by atoms with Crippen LogP contribution in [0.1, 0.15) is 25.8 Å². The third kappa shape index (κ3) is 1.58. The number of aromatic nitrogens is 2. The summed E-state index contributed by atoms with van der Waals surface area (Å²) in [5.74, 6) is -0.109. The topological polar surface area (TPSA) is 50.7 Å². The van der Waals surface area contributed by atoms with Crippen LogP contribution < -0.4 is 5.69 Å². The summed E-state index contributed by atoms with van der Waals surface area (Å²) in [4.78, 5) is 11.7. The lowest BCUT2D eigenvalue weighted by Crippen LogP contribution is -2.25. The lowest BCUT2D eigenvalue weighted by Gasteiger charge is -2.02. The van der Waals surface area contributed by atoms with Crippen molar-refractivity contribution >= 4 is 0 Å². The summed E-state index contributed by atoms with van der Waals surface area (Å²) < 4.78 is 3.39. The molecule has 0 N–H and O–H groups in total. The van der Waals surface area contributed by atoms with Gasteiger partial charge in [-0.05, 0) is 19.8 Å². The van der Waals surface area contributed by atoms with E-state index in [1.165, 1.54) is 0 Å². The molecule has 74 valence electrons. The molecule has 1 heterocycles. The molecule has 0 aromatic carbocycles. The number of rotatable bonds is 3. The molecule has 4 heteroatoms. The highest BCUT2D eigenvalue weighted by molar-refractivity contribution is 4.92. The van der Waals surface area contributed by atoms with Gasteiger partial charge in [0.25, 0.3) is 0 Å². The van der Waals surface area contributed by atoms with E-state index in [0.717, 1.165) is 12.8 Å². The second kappa shape index (κ2) is 3.33. The lowest BCUT2D eigenvalue weighted by atomic mass is 10.2. The number of imidazole rings is 1. The summed E-state index contributed by atoms with van der Waals surface area (Å²) in [7, 11) is 0. The molecule has 1 aliphatic carbocycles. The zero-order chi connectivity index (χ0) is 10.1. The largest absolute Gasteiger partial charge is 0.328 e. The predicted octanol–water partition coefficient (Wildman–Crippen LogP) is 1.14. The fourth-order valence-electron chi connectivity index (χ4n) is 1.53. The maximum atomic E-state index is 11.7. The summed E-state index contributed by atoms with van der Waals surface area (Å²) in [5.41, 5.74) is 0.0228. The molecule has 1 aliphatic rings. The maximum absolute atomic E-state index is 11.7. The molecule has 0 saturated heterocycles. The fourth-order valence-corrected chi connectivity index (χ4v) is 1.53. The first-order valence-electron chi connectivity index (χ1n) is 4.89. The summed E-state index contributed by atoms with van der Waals surface area (Å²) in [5, 5.41) is 8.64. The SMILES string of the molecule is CC(C#N)Cn1ccn(C2CC2)c1=O. The van der Waals surface area contributed by atoms with Gasteiger partial charge in [0.1, 0.15) is 0 Å². The molecular formula is C10H13N3O. The molecule has 1 unspecified atom stereocenters. The summed E-state index contributed by atoms with van der Waals surface area (Å²) in [6.45, 7) is 2.32. The average molecular weight is 191 g/mol. The number of hydrogen-bond donors (Lipinski definition) is 0. The van der Waals surface area contributed by atoms with Crippen LogP contribution in [0.3, 0.4) is 0 Å². The maximum Gasteiger partial charge on any atom is 0.328 e. The first-order valence-corrected chi connectivity index (χ1v) is 4.89. The zero-order valence-electron chi connectivity index (χ0n) is 8.18. The number of nitriles is 1. The third-order valence-corrected chi connectivity index (χ3v) is 2.51. The Balaban J connectivity index is 2.19. The van der Waals surface area contributed by atoms with Gasteiger partial charge in [-0.25, -0.2) is 4.79 Å². The van der Waals surface area contributed by atoms with Crippen LogP contribution in [0, 0.1) is 17.2 Å². The van der Waals surface area contributed by atoms with Gasteiger partial charge >= 0.3 is 5.69 Å². The lowest BCUT2D eigenvalue weighted by molar-refractivity contribution is 0.547. The summed E-state index contributed by atoms with van der Waals surface area (Å²) >= 11 is 0. The predicted molar refractivity (Wildman–Crippen MR) is 51.7 cm³/mol. The van der Waals surface area contributed by atoms with Gasteiger partial charge in [-0.1, -0.05) is 0 Å². The summed E-state index contributed by atoms with van der Waals surface area (Å²) in [6, 6.07) is 2.54. The first-order chi connectivity index (χ1) is 6.72. The van der Waals surface area contributed by atoms with E-state index in [1.807, 2.05) is 13.1 Å². The van der Waals surface area contributed by atoms with Gasteiger partial charge < -0.3 is 0 Å². The van der Waals surface area contributed by atoms with Gasteiger partial charge in [-0.3, -0.25) is 9.13 Å². The second-order valence-corrected chi connectivity index (χ2v) is 3.90. The van der Waals surface area contributed by atoms with Gasteiger partial charge in [0, 0.05) is 25.0 Å². The molecule has 0 amide bonds. The molecule has 1 saturated carbocycles. The van der Waals surface area contributed by atoms with Crippen LogP contribution in [0.5, 0.6) is 0 Å². The van der Waals surface area contributed by atoms with Crippen LogP contribution in [-0.4, -0.2) is 9.13 Å². The highest BCUT2D eigenvalue weighted by Crippen LogP contribution is 2.33. The van der Waals surface area contributed by atoms with E-state index < -0.39 is 0 Å². The van der Waals surface area contributed by atoms with Crippen molar-refractivity contribution in [2.24, 2.45) is 5.92 Å². The van der Waals surface area contributed by atoms with Crippen LogP contribution in [-0.2, 0) is 6.54 Å². The Morgan fingerprint density at radius 2 is 2.36 bits per heavy atom. The van der Waals surface area contributed by atoms with Crippen molar-refractivity contribution in [2.45, 2.75) is 32.4 Å². The second-order valence-electron chi connectivity index (χ2n) is 3.90. The molecule has 2 rings (SSSR count). The molecule has 1 atom stereocenters. The van der Waals surface area contributed by atoms with Gasteiger partial charge in [-0.2, -0.15) is 5.26 Å². The highest BCUT2D eigenvalue weighted by atomic mass is 16.1. The van der Waals surface area contributed by atoms with Gasteiger partial charge in [0.15, 0.2) is 0 Å². The van der Waals surface area contributed by atoms with Gasteiger partial charge in [0.2, 0.25) is 0 Å². The molecule has 14 heavy (non-hydrogen) atoms. The molecule has 0 radical (unpaired) electrons. The van der Waals surface area contributed by atoms with Crippen molar-refractivity contribution < 1.29 is 0 Å². The minimum Gasteiger partial charge on any atom is -0.298 e. The monoisotopic (exact) mass is 191 g/mol. The third-order valence-electron chi connectivity index (χ3n) is 2.51. The minimum absolute atomic E-state index is 0.0228. The average Bonchev–Trinajstić information content (AvgIpc) is 2.95. The van der Waals surface area contributed by atoms with Crippen molar-refractivity contribution in [3.8, 4) is 6.07 Å². The smallest absolute Gasteiger partial charge is 0.298 e. The molecule has 0 bridgehead atoms. The van der Waals surface area contributed by atoms with E-state index in [1.54, 1.807) is 15.3 Å². The molecule has 4 nitrogen and oxygen atoms in total. The molecule has 1 aromatic heterocycles. The molecule has 0 spiro atoms. The summed E-state index contributed by atoms with van der Waals surface area (Å²) in [6.07, 6.45) is 5.81. The number of hydrogen-bond acceptors (Lipinski definition) is 2. The first kappa shape index (κ1) is 9.07. The van der Waals surface area contributed by atoms with E-state index in [-0.39, 0.29) is 11.6 Å². The van der Waals surface area contributed by atoms with Crippen molar-refractivity contribution in [2.75, 3.05) is 0 Å². The highest BCUT2D eigenvalue weighted by Gasteiger charge is 2.25. The Hall–Kier alpha value is -1.50. The molecule has 1 fully saturated rings. The van der Waals surface area contributed by atoms with E-state index in [9.17, 15) is 4.79 Å². The molecule has 1 aromatic rings. The van der Waals surface area contributed by atoms with E-state index >= 15 is 0 Å². The van der Waals surface area contributed by atoms with E-state index in [2.05, 4.69) is 6.07 Å². The Labute approximate surface area is 82.4 Å². The van der Waals surface area contributed by atoms with Crippen molar-refractivity contribution in [3.63, 3.8) is 0 Å². The Morgan fingerprint density at radius 1 is 1.64 bits per heavy atom. The Kier molecular flexibility index (Phi) is 2.16. The van der Waals surface area contributed by atoms with Crippen LogP contribution in [0.15, 0.2) is 17.2 Å². The van der Waals surface area contributed by atoms with E-state index in [4.69, 9.17) is 5.26 Å². The van der Waals surface area contributed by atoms with Crippen LogP contribution in [0.4, 0.5) is 0 Å². The molecular weight excluding hydrogens is 178 g/mol. The van der Waals surface area contributed by atoms with Crippen molar-refractivity contribution in [1.29, 1.82) is 5.26 Å².